The van der Waals surface area contributed by atoms with E-state index in [1.54, 1.807) is 6.92 Å². The zero-order valence-corrected chi connectivity index (χ0v) is 14.3. The number of nitrogen functional groups attached to an aromatic ring is 1. The SMILES string of the molecule is CC(=O)NC(=N)c1cnc(NC(=O)NC(C)c2ccccc2)c(F)c1N. The van der Waals surface area contributed by atoms with Gasteiger partial charge < -0.3 is 16.4 Å². The van der Waals surface area contributed by atoms with Crippen molar-refractivity contribution >= 4 is 29.3 Å². The van der Waals surface area contributed by atoms with Gasteiger partial charge >= 0.3 is 6.03 Å². The Labute approximate surface area is 149 Å². The van der Waals surface area contributed by atoms with Crippen molar-refractivity contribution in [2.75, 3.05) is 11.1 Å². The number of nitrogens with one attached hydrogen (secondary N) is 4. The van der Waals surface area contributed by atoms with Crippen LogP contribution in [0.25, 0.3) is 0 Å². The van der Waals surface area contributed by atoms with Gasteiger partial charge in [-0.3, -0.25) is 15.5 Å². The van der Waals surface area contributed by atoms with E-state index in [1.165, 1.54) is 6.92 Å². The molecule has 0 fully saturated rings. The Morgan fingerprint density at radius 3 is 2.54 bits per heavy atom. The van der Waals surface area contributed by atoms with E-state index in [0.29, 0.717) is 0 Å². The number of pyridine rings is 1. The summed E-state index contributed by atoms with van der Waals surface area (Å²) in [5.74, 6) is -2.24. The summed E-state index contributed by atoms with van der Waals surface area (Å²) in [6.07, 6.45) is 1.10. The third-order valence-corrected chi connectivity index (χ3v) is 3.51. The zero-order chi connectivity index (χ0) is 19.3. The molecule has 1 atom stereocenters. The predicted molar refractivity (Wildman–Crippen MR) is 96.3 cm³/mol. The molecule has 0 radical (unpaired) electrons. The van der Waals surface area contributed by atoms with Gasteiger partial charge in [0.15, 0.2) is 11.6 Å². The van der Waals surface area contributed by atoms with Crippen molar-refractivity contribution in [1.82, 2.24) is 15.6 Å². The molecule has 136 valence electrons. The molecule has 3 amide bonds. The normalized spacial score (nSPS) is 11.3. The fourth-order valence-electron chi connectivity index (χ4n) is 2.20. The van der Waals surface area contributed by atoms with Crippen LogP contribution >= 0.6 is 0 Å². The van der Waals surface area contributed by atoms with Crippen molar-refractivity contribution in [2.24, 2.45) is 0 Å². The van der Waals surface area contributed by atoms with Crippen molar-refractivity contribution in [3.8, 4) is 0 Å². The van der Waals surface area contributed by atoms with Gasteiger partial charge in [-0.1, -0.05) is 30.3 Å². The van der Waals surface area contributed by atoms with E-state index in [9.17, 15) is 14.0 Å². The number of aromatic nitrogens is 1. The number of benzene rings is 1. The van der Waals surface area contributed by atoms with E-state index < -0.39 is 23.4 Å². The molecule has 0 aliphatic rings. The first kappa shape index (κ1) is 18.8. The maximum atomic E-state index is 14.3. The molecule has 1 heterocycles. The highest BCUT2D eigenvalue weighted by atomic mass is 19.1. The molecule has 0 spiro atoms. The molecule has 2 rings (SSSR count). The Kier molecular flexibility index (Phi) is 5.84. The second kappa shape index (κ2) is 8.06. The summed E-state index contributed by atoms with van der Waals surface area (Å²) in [6.45, 7) is 2.99. The summed E-state index contributed by atoms with van der Waals surface area (Å²) < 4.78 is 14.3. The lowest BCUT2D eigenvalue weighted by molar-refractivity contribution is -0.117. The molecule has 1 unspecified atom stereocenters. The van der Waals surface area contributed by atoms with Crippen molar-refractivity contribution in [2.45, 2.75) is 19.9 Å². The molecule has 9 heteroatoms. The minimum absolute atomic E-state index is 0.0821. The number of anilines is 2. The quantitative estimate of drug-likeness (QED) is 0.423. The predicted octanol–water partition coefficient (Wildman–Crippen LogP) is 2.15. The number of nitrogens with zero attached hydrogens (tertiary/aromatic N) is 1. The number of rotatable bonds is 4. The zero-order valence-electron chi connectivity index (χ0n) is 14.3. The number of hydrogen-bond donors (Lipinski definition) is 5. The van der Waals surface area contributed by atoms with Crippen LogP contribution in [0.5, 0.6) is 0 Å². The van der Waals surface area contributed by atoms with E-state index in [1.807, 2.05) is 30.3 Å². The topological polar surface area (TPSA) is 133 Å². The van der Waals surface area contributed by atoms with Crippen LogP contribution < -0.4 is 21.7 Å². The van der Waals surface area contributed by atoms with Crippen LogP contribution in [0.3, 0.4) is 0 Å². The van der Waals surface area contributed by atoms with Gasteiger partial charge in [-0.05, 0) is 12.5 Å². The maximum Gasteiger partial charge on any atom is 0.320 e. The number of hydrogen-bond acceptors (Lipinski definition) is 5. The van der Waals surface area contributed by atoms with Crippen LogP contribution in [0, 0.1) is 11.2 Å². The molecule has 0 saturated heterocycles. The molecule has 0 aliphatic heterocycles. The number of carbonyl (C=O) groups excluding carboxylic acids is 2. The Balaban J connectivity index is 2.10. The molecule has 2 aromatic rings. The molecule has 1 aromatic heterocycles. The van der Waals surface area contributed by atoms with Gasteiger partial charge in [0.1, 0.15) is 5.84 Å². The first-order valence-electron chi connectivity index (χ1n) is 7.72. The van der Waals surface area contributed by atoms with E-state index in [-0.39, 0.29) is 23.3 Å². The Bertz CT molecular complexity index is 841. The van der Waals surface area contributed by atoms with Gasteiger partial charge in [0.2, 0.25) is 5.91 Å². The standard InChI is InChI=1S/C17H19FN6O2/c1-9(11-6-4-3-5-7-11)22-17(26)24-16-13(18)14(19)12(8-21-16)15(20)23-10(2)25/h3-9H,1-2H3,(H2,20,23,25)(H4,19,21,22,24,26). The molecule has 8 nitrogen and oxygen atoms in total. The minimum Gasteiger partial charge on any atom is -0.396 e. The largest absolute Gasteiger partial charge is 0.396 e. The third kappa shape index (κ3) is 4.53. The number of halogens is 1. The summed E-state index contributed by atoms with van der Waals surface area (Å²) in [5, 5.41) is 14.8. The molecular weight excluding hydrogens is 339 g/mol. The monoisotopic (exact) mass is 358 g/mol. The molecule has 26 heavy (non-hydrogen) atoms. The van der Waals surface area contributed by atoms with Crippen LogP contribution in [0.1, 0.15) is 31.0 Å². The van der Waals surface area contributed by atoms with Crippen molar-refractivity contribution in [1.29, 1.82) is 5.41 Å². The van der Waals surface area contributed by atoms with Crippen molar-refractivity contribution < 1.29 is 14.0 Å². The highest BCUT2D eigenvalue weighted by Crippen LogP contribution is 2.22. The molecule has 6 N–H and O–H groups in total. The number of urea groups is 1. The molecular formula is C17H19FN6O2. The summed E-state index contributed by atoms with van der Waals surface area (Å²) in [7, 11) is 0. The molecule has 0 bridgehead atoms. The van der Waals surface area contributed by atoms with Crippen molar-refractivity contribution in [3.05, 3.63) is 53.5 Å². The molecule has 0 aliphatic carbocycles. The Morgan fingerprint density at radius 1 is 1.27 bits per heavy atom. The smallest absolute Gasteiger partial charge is 0.320 e. The van der Waals surface area contributed by atoms with E-state index in [2.05, 4.69) is 20.9 Å². The van der Waals surface area contributed by atoms with Crippen LogP contribution in [-0.2, 0) is 4.79 Å². The second-order valence-electron chi connectivity index (χ2n) is 5.54. The van der Waals surface area contributed by atoms with Crippen LogP contribution in [0.15, 0.2) is 36.5 Å². The van der Waals surface area contributed by atoms with Crippen LogP contribution in [0.4, 0.5) is 20.7 Å². The lowest BCUT2D eigenvalue weighted by atomic mass is 10.1. The lowest BCUT2D eigenvalue weighted by Crippen LogP contribution is -2.32. The number of nitrogens with two attached hydrogens (primary N) is 1. The van der Waals surface area contributed by atoms with Crippen LogP contribution in [-0.4, -0.2) is 22.8 Å². The van der Waals surface area contributed by atoms with E-state index >= 15 is 0 Å². The summed E-state index contributed by atoms with van der Waals surface area (Å²) in [5.41, 5.74) is 6.05. The molecule has 1 aromatic carbocycles. The van der Waals surface area contributed by atoms with Gasteiger partial charge in [-0.25, -0.2) is 14.2 Å². The number of amidine groups is 1. The Hall–Kier alpha value is -3.49. The lowest BCUT2D eigenvalue weighted by Gasteiger charge is -2.16. The molecule has 0 saturated carbocycles. The van der Waals surface area contributed by atoms with Gasteiger partial charge in [-0.2, -0.15) is 0 Å². The van der Waals surface area contributed by atoms with Crippen molar-refractivity contribution in [3.63, 3.8) is 0 Å². The Morgan fingerprint density at radius 2 is 1.92 bits per heavy atom. The average molecular weight is 358 g/mol. The summed E-state index contributed by atoms with van der Waals surface area (Å²) in [4.78, 5) is 26.8. The minimum atomic E-state index is -0.986. The van der Waals surface area contributed by atoms with Gasteiger partial charge in [0.05, 0.1) is 17.3 Å². The second-order valence-corrected chi connectivity index (χ2v) is 5.54. The fourth-order valence-corrected chi connectivity index (χ4v) is 2.20. The highest BCUT2D eigenvalue weighted by Gasteiger charge is 2.18. The number of carbonyl (C=O) groups is 2. The van der Waals surface area contributed by atoms with Gasteiger partial charge in [0.25, 0.3) is 0 Å². The third-order valence-electron chi connectivity index (χ3n) is 3.51. The van der Waals surface area contributed by atoms with E-state index in [0.717, 1.165) is 11.8 Å². The summed E-state index contributed by atoms with van der Waals surface area (Å²) in [6, 6.07) is 8.29. The number of amides is 3. The van der Waals surface area contributed by atoms with E-state index in [4.69, 9.17) is 11.1 Å². The van der Waals surface area contributed by atoms with Crippen LogP contribution in [0.2, 0.25) is 0 Å². The fraction of sp³-hybridized carbons (Fsp3) is 0.176. The van der Waals surface area contributed by atoms with Gasteiger partial charge in [-0.15, -0.1) is 0 Å². The summed E-state index contributed by atoms with van der Waals surface area (Å²) >= 11 is 0. The average Bonchev–Trinajstić information content (AvgIpc) is 2.59. The first-order chi connectivity index (χ1) is 12.3. The highest BCUT2D eigenvalue weighted by molar-refractivity contribution is 6.08. The first-order valence-corrected chi connectivity index (χ1v) is 7.72. The van der Waals surface area contributed by atoms with Gasteiger partial charge in [0, 0.05) is 13.1 Å². The maximum absolute atomic E-state index is 14.3.